The van der Waals surface area contributed by atoms with Crippen molar-refractivity contribution in [1.82, 2.24) is 4.98 Å². The van der Waals surface area contributed by atoms with Crippen LogP contribution in [0.25, 0.3) is 0 Å². The first-order valence-corrected chi connectivity index (χ1v) is 6.86. The number of amides is 2. The molecule has 0 aliphatic carbocycles. The van der Waals surface area contributed by atoms with E-state index in [9.17, 15) is 9.59 Å². The topological polar surface area (TPSA) is 91.3 Å². The molecule has 6 nitrogen and oxygen atoms in total. The lowest BCUT2D eigenvalue weighted by molar-refractivity contribution is 0.0690. The number of carboxylic acids is 1. The number of carboxylic acid groups (broad SMARTS) is 1. The number of carbonyl (C=O) groups is 2. The summed E-state index contributed by atoms with van der Waals surface area (Å²) < 4.78 is 0.571. The fraction of sp³-hybridized carbons (Fsp3) is 0. The first kappa shape index (κ1) is 15.3. The third-order valence-corrected chi connectivity index (χ3v) is 3.84. The third kappa shape index (κ3) is 3.93. The normalized spacial score (nSPS) is 10.0. The molecule has 2 amide bonds. The van der Waals surface area contributed by atoms with Crippen LogP contribution in [0.15, 0.2) is 41.0 Å². The summed E-state index contributed by atoms with van der Waals surface area (Å²) in [5, 5.41) is 14.3. The highest BCUT2D eigenvalue weighted by Crippen LogP contribution is 2.30. The molecule has 0 saturated carbocycles. The number of hydrogen-bond donors (Lipinski definition) is 3. The molecule has 8 heteroatoms. The molecule has 0 atom stereocenters. The minimum Gasteiger partial charge on any atom is -0.477 e. The summed E-state index contributed by atoms with van der Waals surface area (Å²) in [6.07, 6.45) is 1.26. The van der Waals surface area contributed by atoms with Gasteiger partial charge < -0.3 is 15.7 Å². The van der Waals surface area contributed by atoms with Gasteiger partial charge in [-0.05, 0) is 40.2 Å². The number of benzene rings is 1. The molecule has 0 fully saturated rings. The molecule has 1 heterocycles. The highest BCUT2D eigenvalue weighted by atomic mass is 79.9. The van der Waals surface area contributed by atoms with Gasteiger partial charge in [0.2, 0.25) is 0 Å². The van der Waals surface area contributed by atoms with Crippen LogP contribution in [0.1, 0.15) is 10.5 Å². The largest absolute Gasteiger partial charge is 0.477 e. The summed E-state index contributed by atoms with van der Waals surface area (Å²) in [5.41, 5.74) is 0.782. The lowest BCUT2D eigenvalue weighted by atomic mass is 10.3. The van der Waals surface area contributed by atoms with Gasteiger partial charge in [-0.2, -0.15) is 0 Å². The summed E-state index contributed by atoms with van der Waals surface area (Å²) in [4.78, 5) is 26.2. The fourth-order valence-corrected chi connectivity index (χ4v) is 2.02. The Kier molecular flexibility index (Phi) is 4.77. The van der Waals surface area contributed by atoms with E-state index in [4.69, 9.17) is 16.7 Å². The zero-order valence-electron chi connectivity index (χ0n) is 10.4. The summed E-state index contributed by atoms with van der Waals surface area (Å²) in [6, 6.07) is 7.31. The molecule has 0 unspecified atom stereocenters. The van der Waals surface area contributed by atoms with Gasteiger partial charge in [-0.15, -0.1) is 0 Å². The van der Waals surface area contributed by atoms with Gasteiger partial charge >= 0.3 is 12.0 Å². The molecular weight excluding hydrogens is 362 g/mol. The number of aromatic nitrogens is 1. The van der Waals surface area contributed by atoms with Crippen LogP contribution >= 0.6 is 27.5 Å². The van der Waals surface area contributed by atoms with Gasteiger partial charge in [0, 0.05) is 0 Å². The monoisotopic (exact) mass is 369 g/mol. The van der Waals surface area contributed by atoms with Crippen molar-refractivity contribution in [3.05, 3.63) is 51.7 Å². The Labute approximate surface area is 133 Å². The molecule has 21 heavy (non-hydrogen) atoms. The van der Waals surface area contributed by atoms with Crippen LogP contribution < -0.4 is 10.6 Å². The van der Waals surface area contributed by atoms with E-state index >= 15 is 0 Å². The number of aromatic carboxylic acids is 1. The lowest BCUT2D eigenvalue weighted by Gasteiger charge is -2.09. The van der Waals surface area contributed by atoms with E-state index in [1.54, 1.807) is 18.2 Å². The first-order chi connectivity index (χ1) is 9.97. The molecule has 2 aromatic rings. The maximum atomic E-state index is 11.8. The molecule has 1 aromatic heterocycles. The van der Waals surface area contributed by atoms with Crippen molar-refractivity contribution < 1.29 is 14.7 Å². The molecule has 0 saturated heterocycles. The second-order valence-corrected chi connectivity index (χ2v) is 5.12. The van der Waals surface area contributed by atoms with Crippen LogP contribution in [-0.4, -0.2) is 22.1 Å². The predicted molar refractivity (Wildman–Crippen MR) is 83.0 cm³/mol. The van der Waals surface area contributed by atoms with E-state index in [1.807, 2.05) is 0 Å². The number of anilines is 2. The highest BCUT2D eigenvalue weighted by Gasteiger charge is 2.09. The van der Waals surface area contributed by atoms with E-state index in [0.29, 0.717) is 20.9 Å². The fourth-order valence-electron chi connectivity index (χ4n) is 1.48. The summed E-state index contributed by atoms with van der Waals surface area (Å²) in [5.74, 6) is -1.13. The number of pyridine rings is 1. The van der Waals surface area contributed by atoms with Crippen molar-refractivity contribution in [3.8, 4) is 0 Å². The molecule has 3 N–H and O–H groups in total. The number of nitrogens with one attached hydrogen (secondary N) is 2. The predicted octanol–water partition coefficient (Wildman–Crippen LogP) is 3.84. The number of rotatable bonds is 3. The third-order valence-electron chi connectivity index (χ3n) is 2.44. The average molecular weight is 371 g/mol. The zero-order valence-corrected chi connectivity index (χ0v) is 12.8. The Bertz CT molecular complexity index is 692. The number of urea groups is 1. The summed E-state index contributed by atoms with van der Waals surface area (Å²) in [7, 11) is 0. The molecule has 2 rings (SSSR count). The van der Waals surface area contributed by atoms with Gasteiger partial charge in [0.25, 0.3) is 0 Å². The van der Waals surface area contributed by atoms with Gasteiger partial charge in [0.1, 0.15) is 5.69 Å². The number of nitrogens with zero attached hydrogens (tertiary/aromatic N) is 1. The molecule has 0 radical (unpaired) electrons. The average Bonchev–Trinajstić information content (AvgIpc) is 2.44. The van der Waals surface area contributed by atoms with E-state index in [2.05, 4.69) is 31.5 Å². The van der Waals surface area contributed by atoms with E-state index in [1.165, 1.54) is 18.3 Å². The van der Waals surface area contributed by atoms with Gasteiger partial charge in [-0.25, -0.2) is 14.6 Å². The number of halogens is 2. The molecule has 0 spiro atoms. The lowest BCUT2D eigenvalue weighted by Crippen LogP contribution is -2.20. The second kappa shape index (κ2) is 6.55. The standard InChI is InChI=1S/C13H9BrClN3O3/c14-11-8(15)2-1-3-9(11)18-13(21)17-7-4-5-10(12(19)20)16-6-7/h1-6H,(H,19,20)(H2,17,18,21). The number of hydrogen-bond acceptors (Lipinski definition) is 3. The quantitative estimate of drug-likeness (QED) is 0.765. The van der Waals surface area contributed by atoms with E-state index < -0.39 is 12.0 Å². The molecule has 0 aliphatic rings. The molecule has 0 aliphatic heterocycles. The van der Waals surface area contributed by atoms with Crippen LogP contribution in [-0.2, 0) is 0 Å². The first-order valence-electron chi connectivity index (χ1n) is 5.69. The van der Waals surface area contributed by atoms with Gasteiger partial charge in [-0.1, -0.05) is 17.7 Å². The summed E-state index contributed by atoms with van der Waals surface area (Å²) >= 11 is 9.19. The van der Waals surface area contributed by atoms with E-state index in [-0.39, 0.29) is 5.69 Å². The van der Waals surface area contributed by atoms with Crippen molar-refractivity contribution in [2.24, 2.45) is 0 Å². The van der Waals surface area contributed by atoms with Gasteiger partial charge in [0.05, 0.1) is 27.1 Å². The maximum Gasteiger partial charge on any atom is 0.354 e. The SMILES string of the molecule is O=C(Nc1ccc(C(=O)O)nc1)Nc1cccc(Cl)c1Br. The van der Waals surface area contributed by atoms with Crippen LogP contribution in [0.4, 0.5) is 16.2 Å². The number of carbonyl (C=O) groups excluding carboxylic acids is 1. The Morgan fingerprint density at radius 3 is 2.57 bits per heavy atom. The van der Waals surface area contributed by atoms with E-state index in [0.717, 1.165) is 0 Å². The van der Waals surface area contributed by atoms with Crippen molar-refractivity contribution >= 4 is 50.9 Å². The molecule has 0 bridgehead atoms. The van der Waals surface area contributed by atoms with Crippen LogP contribution in [0.2, 0.25) is 5.02 Å². The Balaban J connectivity index is 2.04. The highest BCUT2D eigenvalue weighted by molar-refractivity contribution is 9.10. The Hall–Kier alpha value is -2.12. The molecular formula is C13H9BrClN3O3. The minimum absolute atomic E-state index is 0.0986. The molecule has 108 valence electrons. The van der Waals surface area contributed by atoms with Crippen LogP contribution in [0.5, 0.6) is 0 Å². The van der Waals surface area contributed by atoms with Crippen LogP contribution in [0.3, 0.4) is 0 Å². The summed E-state index contributed by atoms with van der Waals surface area (Å²) in [6.45, 7) is 0. The van der Waals surface area contributed by atoms with Gasteiger partial charge in [0.15, 0.2) is 0 Å². The zero-order chi connectivity index (χ0) is 15.4. The van der Waals surface area contributed by atoms with Crippen LogP contribution in [0, 0.1) is 0 Å². The Morgan fingerprint density at radius 1 is 1.19 bits per heavy atom. The smallest absolute Gasteiger partial charge is 0.354 e. The maximum absolute atomic E-state index is 11.8. The van der Waals surface area contributed by atoms with Crippen molar-refractivity contribution in [3.63, 3.8) is 0 Å². The Morgan fingerprint density at radius 2 is 1.95 bits per heavy atom. The van der Waals surface area contributed by atoms with Crippen molar-refractivity contribution in [2.45, 2.75) is 0 Å². The molecule has 1 aromatic carbocycles. The second-order valence-electron chi connectivity index (χ2n) is 3.92. The van der Waals surface area contributed by atoms with Crippen molar-refractivity contribution in [1.29, 1.82) is 0 Å². The van der Waals surface area contributed by atoms with Gasteiger partial charge in [-0.3, -0.25) is 0 Å². The minimum atomic E-state index is -1.13. The van der Waals surface area contributed by atoms with Crippen molar-refractivity contribution in [2.75, 3.05) is 10.6 Å².